The molecule has 6 heteroatoms. The highest BCUT2D eigenvalue weighted by atomic mass is 16.1. The molecule has 0 aliphatic carbocycles. The molecule has 0 aromatic carbocycles. The molecule has 1 aromatic heterocycles. The number of nitrogens with zero attached hydrogens (tertiary/aromatic N) is 3. The second-order valence-corrected chi connectivity index (χ2v) is 6.33. The zero-order chi connectivity index (χ0) is 16.5. The molecular formula is C17H31N5O. The number of piperidine rings is 1. The Morgan fingerprint density at radius 3 is 2.74 bits per heavy atom. The van der Waals surface area contributed by atoms with Crippen LogP contribution in [0.3, 0.4) is 0 Å². The number of hydrogen-bond donors (Lipinski definition) is 2. The van der Waals surface area contributed by atoms with Crippen molar-refractivity contribution in [3.63, 3.8) is 0 Å². The standard InChI is InChI=1S/C17H31N5O/c1-2-21-13-9-15(10-14-21)22-16(8-12-19-22)20-17(23)7-5-3-4-6-11-18/h8,12,15H,2-7,9-11,13-14,18H2,1H3,(H,20,23). The summed E-state index contributed by atoms with van der Waals surface area (Å²) in [6, 6.07) is 2.30. The van der Waals surface area contributed by atoms with Crippen molar-refractivity contribution in [2.45, 2.75) is 57.9 Å². The Labute approximate surface area is 139 Å². The van der Waals surface area contributed by atoms with Gasteiger partial charge in [0.2, 0.25) is 5.91 Å². The summed E-state index contributed by atoms with van der Waals surface area (Å²) in [5, 5.41) is 7.46. The lowest BCUT2D eigenvalue weighted by Gasteiger charge is -2.31. The predicted octanol–water partition coefficient (Wildman–Crippen LogP) is 2.39. The Bertz CT molecular complexity index is 465. The molecule has 1 aliphatic heterocycles. The highest BCUT2D eigenvalue weighted by Crippen LogP contribution is 2.25. The van der Waals surface area contributed by atoms with Crippen LogP contribution in [0.15, 0.2) is 12.3 Å². The third-order valence-electron chi connectivity index (χ3n) is 4.65. The third-order valence-corrected chi connectivity index (χ3v) is 4.65. The Morgan fingerprint density at radius 2 is 2.04 bits per heavy atom. The van der Waals surface area contributed by atoms with Crippen molar-refractivity contribution in [3.8, 4) is 0 Å². The van der Waals surface area contributed by atoms with Crippen molar-refractivity contribution >= 4 is 11.7 Å². The van der Waals surface area contributed by atoms with Crippen LogP contribution < -0.4 is 11.1 Å². The SMILES string of the molecule is CCN1CCC(n2nccc2NC(=O)CCCCCCN)CC1. The van der Waals surface area contributed by atoms with Gasteiger partial charge in [-0.05, 0) is 38.8 Å². The van der Waals surface area contributed by atoms with Crippen molar-refractivity contribution in [1.82, 2.24) is 14.7 Å². The quantitative estimate of drug-likeness (QED) is 0.685. The first-order valence-corrected chi connectivity index (χ1v) is 9.00. The van der Waals surface area contributed by atoms with E-state index in [0.29, 0.717) is 12.5 Å². The number of unbranched alkanes of at least 4 members (excludes halogenated alkanes) is 3. The second-order valence-electron chi connectivity index (χ2n) is 6.33. The zero-order valence-corrected chi connectivity index (χ0v) is 14.3. The average Bonchev–Trinajstić information content (AvgIpc) is 3.02. The number of nitrogens with two attached hydrogens (primary N) is 1. The lowest BCUT2D eigenvalue weighted by Crippen LogP contribution is -2.35. The number of carbonyl (C=O) groups is 1. The zero-order valence-electron chi connectivity index (χ0n) is 14.3. The van der Waals surface area contributed by atoms with Crippen molar-refractivity contribution in [2.24, 2.45) is 5.73 Å². The largest absolute Gasteiger partial charge is 0.330 e. The molecule has 1 amide bonds. The molecule has 0 bridgehead atoms. The summed E-state index contributed by atoms with van der Waals surface area (Å²) >= 11 is 0. The molecule has 1 saturated heterocycles. The number of hydrogen-bond acceptors (Lipinski definition) is 4. The molecular weight excluding hydrogens is 290 g/mol. The van der Waals surface area contributed by atoms with Gasteiger partial charge >= 0.3 is 0 Å². The van der Waals surface area contributed by atoms with E-state index in [4.69, 9.17) is 5.73 Å². The summed E-state index contributed by atoms with van der Waals surface area (Å²) in [4.78, 5) is 14.5. The van der Waals surface area contributed by atoms with E-state index >= 15 is 0 Å². The van der Waals surface area contributed by atoms with E-state index in [1.165, 1.54) is 0 Å². The molecule has 0 saturated carbocycles. The number of amides is 1. The second kappa shape index (κ2) is 9.67. The molecule has 130 valence electrons. The topological polar surface area (TPSA) is 76.2 Å². The van der Waals surface area contributed by atoms with Gasteiger partial charge in [0.05, 0.1) is 12.2 Å². The van der Waals surface area contributed by atoms with E-state index in [1.54, 1.807) is 6.20 Å². The van der Waals surface area contributed by atoms with Gasteiger partial charge in [-0.15, -0.1) is 0 Å². The van der Waals surface area contributed by atoms with Crippen LogP contribution >= 0.6 is 0 Å². The first kappa shape index (κ1) is 17.9. The van der Waals surface area contributed by atoms with Crippen LogP contribution in [0, 0.1) is 0 Å². The number of anilines is 1. The van der Waals surface area contributed by atoms with Crippen molar-refractivity contribution < 1.29 is 4.79 Å². The van der Waals surface area contributed by atoms with Crippen LogP contribution in [0.2, 0.25) is 0 Å². The van der Waals surface area contributed by atoms with Gasteiger partial charge in [0.15, 0.2) is 0 Å². The monoisotopic (exact) mass is 321 g/mol. The fourth-order valence-electron chi connectivity index (χ4n) is 3.17. The lowest BCUT2D eigenvalue weighted by atomic mass is 10.1. The van der Waals surface area contributed by atoms with Gasteiger partial charge < -0.3 is 16.0 Å². The molecule has 2 heterocycles. The number of likely N-dealkylation sites (tertiary alicyclic amines) is 1. The Hall–Kier alpha value is -1.40. The summed E-state index contributed by atoms with van der Waals surface area (Å²) in [6.45, 7) is 6.26. The summed E-state index contributed by atoms with van der Waals surface area (Å²) in [5.74, 6) is 0.928. The van der Waals surface area contributed by atoms with Crippen LogP contribution in [0.25, 0.3) is 0 Å². The molecule has 23 heavy (non-hydrogen) atoms. The first-order chi connectivity index (χ1) is 11.2. The minimum atomic E-state index is 0.0884. The average molecular weight is 321 g/mol. The van der Waals surface area contributed by atoms with Gasteiger partial charge in [-0.2, -0.15) is 5.10 Å². The Balaban J connectivity index is 1.78. The minimum absolute atomic E-state index is 0.0884. The Kier molecular flexibility index (Phi) is 7.55. The number of rotatable bonds is 9. The third kappa shape index (κ3) is 5.62. The molecule has 2 rings (SSSR count). The van der Waals surface area contributed by atoms with E-state index in [2.05, 4.69) is 22.2 Å². The van der Waals surface area contributed by atoms with Crippen molar-refractivity contribution in [1.29, 1.82) is 0 Å². The van der Waals surface area contributed by atoms with Crippen LogP contribution in [-0.4, -0.2) is 46.8 Å². The molecule has 1 aromatic rings. The fraction of sp³-hybridized carbons (Fsp3) is 0.765. The number of aromatic nitrogens is 2. The Morgan fingerprint density at radius 1 is 1.30 bits per heavy atom. The van der Waals surface area contributed by atoms with Gasteiger partial charge in [-0.3, -0.25) is 4.79 Å². The maximum atomic E-state index is 12.1. The normalized spacial score (nSPS) is 16.6. The lowest BCUT2D eigenvalue weighted by molar-refractivity contribution is -0.116. The maximum Gasteiger partial charge on any atom is 0.225 e. The predicted molar refractivity (Wildman–Crippen MR) is 93.4 cm³/mol. The summed E-state index contributed by atoms with van der Waals surface area (Å²) in [6.07, 6.45) is 8.69. The first-order valence-electron chi connectivity index (χ1n) is 9.00. The minimum Gasteiger partial charge on any atom is -0.330 e. The summed E-state index contributed by atoms with van der Waals surface area (Å²) in [7, 11) is 0. The highest BCUT2D eigenvalue weighted by molar-refractivity contribution is 5.89. The van der Waals surface area contributed by atoms with Crippen molar-refractivity contribution in [3.05, 3.63) is 12.3 Å². The van der Waals surface area contributed by atoms with Crippen LogP contribution in [0.1, 0.15) is 57.9 Å². The van der Waals surface area contributed by atoms with Crippen LogP contribution in [0.5, 0.6) is 0 Å². The molecule has 0 unspecified atom stereocenters. The van der Waals surface area contributed by atoms with E-state index in [0.717, 1.165) is 70.5 Å². The molecule has 0 atom stereocenters. The number of carbonyl (C=O) groups excluding carboxylic acids is 1. The smallest absolute Gasteiger partial charge is 0.225 e. The summed E-state index contributed by atoms with van der Waals surface area (Å²) in [5.41, 5.74) is 5.47. The molecule has 0 spiro atoms. The highest BCUT2D eigenvalue weighted by Gasteiger charge is 2.22. The molecule has 1 fully saturated rings. The summed E-state index contributed by atoms with van der Waals surface area (Å²) < 4.78 is 2.00. The van der Waals surface area contributed by atoms with E-state index in [9.17, 15) is 4.79 Å². The van der Waals surface area contributed by atoms with Crippen LogP contribution in [0.4, 0.5) is 5.82 Å². The number of nitrogens with one attached hydrogen (secondary N) is 1. The van der Waals surface area contributed by atoms with Gasteiger partial charge in [0, 0.05) is 25.6 Å². The van der Waals surface area contributed by atoms with Gasteiger partial charge in [0.1, 0.15) is 5.82 Å². The van der Waals surface area contributed by atoms with Gasteiger partial charge in [-0.25, -0.2) is 4.68 Å². The molecule has 1 aliphatic rings. The van der Waals surface area contributed by atoms with E-state index < -0.39 is 0 Å². The van der Waals surface area contributed by atoms with Gasteiger partial charge in [-0.1, -0.05) is 19.8 Å². The van der Waals surface area contributed by atoms with Gasteiger partial charge in [0.25, 0.3) is 0 Å². The van der Waals surface area contributed by atoms with E-state index in [-0.39, 0.29) is 5.91 Å². The molecule has 0 radical (unpaired) electrons. The maximum absolute atomic E-state index is 12.1. The molecule has 3 N–H and O–H groups in total. The fourth-order valence-corrected chi connectivity index (χ4v) is 3.17. The molecule has 6 nitrogen and oxygen atoms in total. The van der Waals surface area contributed by atoms with Crippen molar-refractivity contribution in [2.75, 3.05) is 31.5 Å². The van der Waals surface area contributed by atoms with Crippen LogP contribution in [-0.2, 0) is 4.79 Å². The van der Waals surface area contributed by atoms with E-state index in [1.807, 2.05) is 10.7 Å².